The fourth-order valence-corrected chi connectivity index (χ4v) is 4.44. The molecule has 8 heteroatoms. The van der Waals surface area contributed by atoms with Crippen molar-refractivity contribution < 1.29 is 18.7 Å². The number of nitrogens with zero attached hydrogens (tertiary/aromatic N) is 3. The first-order valence-electron chi connectivity index (χ1n) is 11.7. The number of benzene rings is 2. The van der Waals surface area contributed by atoms with Crippen LogP contribution in [0.25, 0.3) is 5.57 Å². The first kappa shape index (κ1) is 25.3. The van der Waals surface area contributed by atoms with E-state index in [1.54, 1.807) is 56.0 Å². The molecule has 2 aromatic carbocycles. The van der Waals surface area contributed by atoms with Gasteiger partial charge in [-0.2, -0.15) is 10.5 Å². The molecule has 0 saturated carbocycles. The van der Waals surface area contributed by atoms with Gasteiger partial charge in [-0.05, 0) is 44.5 Å². The molecule has 0 saturated heterocycles. The van der Waals surface area contributed by atoms with Crippen molar-refractivity contribution in [2.45, 2.75) is 44.9 Å². The first-order chi connectivity index (χ1) is 17.7. The van der Waals surface area contributed by atoms with Crippen LogP contribution >= 0.6 is 0 Å². The van der Waals surface area contributed by atoms with Gasteiger partial charge in [0.1, 0.15) is 29.1 Å². The third-order valence-electron chi connectivity index (χ3n) is 5.95. The molecule has 4 rings (SSSR count). The molecule has 0 unspecified atom stereocenters. The molecule has 1 aromatic heterocycles. The van der Waals surface area contributed by atoms with Crippen LogP contribution in [0.2, 0.25) is 0 Å². The van der Waals surface area contributed by atoms with Gasteiger partial charge in [-0.3, -0.25) is 4.79 Å². The number of furan rings is 1. The highest BCUT2D eigenvalue weighted by Crippen LogP contribution is 2.46. The summed E-state index contributed by atoms with van der Waals surface area (Å²) in [7, 11) is 0. The van der Waals surface area contributed by atoms with Gasteiger partial charge in [0, 0.05) is 17.6 Å². The summed E-state index contributed by atoms with van der Waals surface area (Å²) in [5, 5.41) is 22.3. The Morgan fingerprint density at radius 3 is 2.32 bits per heavy atom. The maximum absolute atomic E-state index is 14.3. The molecule has 8 nitrogen and oxygen atoms in total. The van der Waals surface area contributed by atoms with Gasteiger partial charge < -0.3 is 19.4 Å². The molecule has 1 atom stereocenters. The normalized spacial score (nSPS) is 16.4. The first-order valence-corrected chi connectivity index (χ1v) is 11.7. The number of nitriles is 2. The van der Waals surface area contributed by atoms with Crippen molar-refractivity contribution in [3.8, 4) is 12.1 Å². The van der Waals surface area contributed by atoms with E-state index in [9.17, 15) is 20.1 Å². The molecule has 2 heterocycles. The van der Waals surface area contributed by atoms with E-state index in [0.717, 1.165) is 5.56 Å². The highest BCUT2D eigenvalue weighted by Gasteiger charge is 2.53. The highest BCUT2D eigenvalue weighted by atomic mass is 16.6. The molecule has 0 fully saturated rings. The smallest absolute Gasteiger partial charge is 0.408 e. The SMILES string of the molecule is CC(C)(C)OC(=O)N[C@@]1(CC(=C(C#N)C#N)c2ccco2)C(=O)N(Cc2ccccc2)c2ccccc21. The zero-order chi connectivity index (χ0) is 26.6. The van der Waals surface area contributed by atoms with Gasteiger partial charge in [0.25, 0.3) is 5.91 Å². The summed E-state index contributed by atoms with van der Waals surface area (Å²) in [5.41, 5.74) is -0.448. The van der Waals surface area contributed by atoms with E-state index >= 15 is 0 Å². The molecule has 37 heavy (non-hydrogen) atoms. The minimum Gasteiger partial charge on any atom is -0.465 e. The maximum atomic E-state index is 14.3. The minimum atomic E-state index is -1.66. The number of ether oxygens (including phenoxy) is 1. The summed E-state index contributed by atoms with van der Waals surface area (Å²) < 4.78 is 11.1. The predicted molar refractivity (Wildman–Crippen MR) is 137 cm³/mol. The molecule has 3 aromatic rings. The second kappa shape index (κ2) is 10.0. The Kier molecular flexibility index (Phi) is 6.86. The zero-order valence-corrected chi connectivity index (χ0v) is 20.8. The highest BCUT2D eigenvalue weighted by molar-refractivity contribution is 6.10. The number of para-hydroxylation sites is 1. The van der Waals surface area contributed by atoms with Gasteiger partial charge in [-0.15, -0.1) is 0 Å². The lowest BCUT2D eigenvalue weighted by Crippen LogP contribution is -2.54. The summed E-state index contributed by atoms with van der Waals surface area (Å²) in [6.45, 7) is 5.44. The Balaban J connectivity index is 1.89. The van der Waals surface area contributed by atoms with Crippen molar-refractivity contribution >= 4 is 23.3 Å². The van der Waals surface area contributed by atoms with Gasteiger partial charge in [0.05, 0.1) is 18.5 Å². The number of carbonyl (C=O) groups is 2. The number of allylic oxidation sites excluding steroid dienone is 1. The third-order valence-corrected chi connectivity index (χ3v) is 5.95. The maximum Gasteiger partial charge on any atom is 0.408 e. The third kappa shape index (κ3) is 5.10. The molecule has 186 valence electrons. The van der Waals surface area contributed by atoms with E-state index in [0.29, 0.717) is 11.3 Å². The average Bonchev–Trinajstić information content (AvgIpc) is 3.47. The zero-order valence-electron chi connectivity index (χ0n) is 20.8. The molecule has 1 aliphatic heterocycles. The quantitative estimate of drug-likeness (QED) is 0.456. The summed E-state index contributed by atoms with van der Waals surface area (Å²) in [5.74, 6) is -0.155. The van der Waals surface area contributed by atoms with Crippen LogP contribution < -0.4 is 10.2 Å². The van der Waals surface area contributed by atoms with Gasteiger partial charge in [-0.1, -0.05) is 48.5 Å². The number of carbonyl (C=O) groups excluding carboxylic acids is 2. The van der Waals surface area contributed by atoms with Crippen LogP contribution in [0.3, 0.4) is 0 Å². The van der Waals surface area contributed by atoms with Gasteiger partial charge >= 0.3 is 6.09 Å². The standard InChI is InChI=1S/C29H26N4O4/c1-28(2,3)37-27(35)32-29(16-22(21(17-30)18-31)25-14-9-15-36-25)23-12-7-8-13-24(23)33(26(29)34)19-20-10-5-4-6-11-20/h4-15H,16,19H2,1-3H3,(H,32,35)/t29-/m1/s1. The average molecular weight is 495 g/mol. The Bertz CT molecular complexity index is 1410. The Morgan fingerprint density at radius 1 is 1.03 bits per heavy atom. The van der Waals surface area contributed by atoms with Gasteiger partial charge in [0.15, 0.2) is 5.54 Å². The number of amides is 2. The van der Waals surface area contributed by atoms with E-state index < -0.39 is 23.1 Å². The number of hydrogen-bond donors (Lipinski definition) is 1. The summed E-state index contributed by atoms with van der Waals surface area (Å²) in [6.07, 6.45) is 0.422. The fraction of sp³-hybridized carbons (Fsp3) is 0.241. The van der Waals surface area contributed by atoms with E-state index in [1.807, 2.05) is 48.5 Å². The molecule has 1 N–H and O–H groups in total. The van der Waals surface area contributed by atoms with Crippen molar-refractivity contribution in [2.75, 3.05) is 4.90 Å². The summed E-state index contributed by atoms with van der Waals surface area (Å²) in [6, 6.07) is 23.7. The fourth-order valence-electron chi connectivity index (χ4n) is 4.44. The lowest BCUT2D eigenvalue weighted by atomic mass is 9.82. The summed E-state index contributed by atoms with van der Waals surface area (Å²) >= 11 is 0. The van der Waals surface area contributed by atoms with Crippen LogP contribution in [0.1, 0.15) is 44.1 Å². The molecular weight excluding hydrogens is 468 g/mol. The van der Waals surface area contributed by atoms with Crippen molar-refractivity contribution in [1.29, 1.82) is 10.5 Å². The number of alkyl carbamates (subject to hydrolysis) is 1. The topological polar surface area (TPSA) is 119 Å². The molecule has 1 aliphatic rings. The number of rotatable bonds is 6. The van der Waals surface area contributed by atoms with E-state index in [2.05, 4.69) is 5.32 Å². The minimum absolute atomic E-state index is 0.197. The number of nitrogens with one attached hydrogen (secondary N) is 1. The van der Waals surface area contributed by atoms with E-state index in [1.165, 1.54) is 6.26 Å². The summed E-state index contributed by atoms with van der Waals surface area (Å²) in [4.78, 5) is 29.1. The van der Waals surface area contributed by atoms with Gasteiger partial charge in [0.2, 0.25) is 0 Å². The number of hydrogen-bond acceptors (Lipinski definition) is 6. The van der Waals surface area contributed by atoms with Crippen LogP contribution in [0.15, 0.2) is 83.0 Å². The molecular formula is C29H26N4O4. The monoisotopic (exact) mass is 494 g/mol. The van der Waals surface area contributed by atoms with Crippen LogP contribution in [0.5, 0.6) is 0 Å². The molecule has 2 amide bonds. The van der Waals surface area contributed by atoms with Crippen molar-refractivity contribution in [1.82, 2.24) is 5.32 Å². The van der Waals surface area contributed by atoms with E-state index in [4.69, 9.17) is 9.15 Å². The Hall–Kier alpha value is -4.82. The Labute approximate surface area is 215 Å². The second-order valence-corrected chi connectivity index (χ2v) is 9.66. The van der Waals surface area contributed by atoms with E-state index in [-0.39, 0.29) is 29.9 Å². The predicted octanol–water partition coefficient (Wildman–Crippen LogP) is 5.44. The Morgan fingerprint density at radius 2 is 1.70 bits per heavy atom. The number of fused-ring (bicyclic) bond motifs is 1. The number of anilines is 1. The molecule has 0 radical (unpaired) electrons. The van der Waals surface area contributed by atoms with Crippen LogP contribution in [0.4, 0.5) is 10.5 Å². The van der Waals surface area contributed by atoms with Crippen molar-refractivity contribution in [3.05, 3.63) is 95.5 Å². The second-order valence-electron chi connectivity index (χ2n) is 9.66. The van der Waals surface area contributed by atoms with Crippen LogP contribution in [-0.2, 0) is 21.6 Å². The van der Waals surface area contributed by atoms with Crippen molar-refractivity contribution in [2.24, 2.45) is 0 Å². The lowest BCUT2D eigenvalue weighted by molar-refractivity contribution is -0.124. The van der Waals surface area contributed by atoms with Crippen LogP contribution in [0, 0.1) is 22.7 Å². The molecule has 0 aliphatic carbocycles. The molecule has 0 bridgehead atoms. The van der Waals surface area contributed by atoms with Crippen molar-refractivity contribution in [3.63, 3.8) is 0 Å². The molecule has 0 spiro atoms. The van der Waals surface area contributed by atoms with Crippen LogP contribution in [-0.4, -0.2) is 17.6 Å². The van der Waals surface area contributed by atoms with Gasteiger partial charge in [-0.25, -0.2) is 4.79 Å². The largest absolute Gasteiger partial charge is 0.465 e. The lowest BCUT2D eigenvalue weighted by Gasteiger charge is -2.32.